The second kappa shape index (κ2) is 16.9. The maximum absolute atomic E-state index is 9.00. The zero-order valence-corrected chi connectivity index (χ0v) is 11.9. The number of rotatable bonds is 0. The quantitative estimate of drug-likeness (QED) is 0.366. The molecular weight excluding hydrogens is 346 g/mol. The predicted octanol–water partition coefficient (Wildman–Crippen LogP) is -0.304. The van der Waals surface area contributed by atoms with Crippen LogP contribution < -0.4 is 0 Å². The molecule has 0 fully saturated rings. The van der Waals surface area contributed by atoms with E-state index in [0.717, 1.165) is 6.92 Å². The van der Waals surface area contributed by atoms with Crippen LogP contribution in [0.2, 0.25) is 0 Å². The van der Waals surface area contributed by atoms with Gasteiger partial charge in [-0.3, -0.25) is 4.79 Å². The molecule has 0 rings (SSSR count). The summed E-state index contributed by atoms with van der Waals surface area (Å²) < 4.78 is 0. The van der Waals surface area contributed by atoms with Gasteiger partial charge in [-0.25, -0.2) is 0 Å². The van der Waals surface area contributed by atoms with Crippen LogP contribution in [0.4, 0.5) is 0 Å². The second-order valence-electron chi connectivity index (χ2n) is 0.743. The van der Waals surface area contributed by atoms with Gasteiger partial charge in [-0.15, -0.1) is 0 Å². The van der Waals surface area contributed by atoms with Crippen molar-refractivity contribution in [2.24, 2.45) is 0 Å². The molecule has 6 nitrogen and oxygen atoms in total. The van der Waals surface area contributed by atoms with Crippen molar-refractivity contribution >= 4 is 51.5 Å². The smallest absolute Gasteiger partial charge is 1.00 e. The third kappa shape index (κ3) is 297. The van der Waals surface area contributed by atoms with Crippen LogP contribution in [0.1, 0.15) is 9.78 Å². The maximum atomic E-state index is 9.00. The van der Waals surface area contributed by atoms with Crippen LogP contribution in [0.15, 0.2) is 0 Å². The summed E-state index contributed by atoms with van der Waals surface area (Å²) in [5.74, 6) is -0.833. The van der Waals surface area contributed by atoms with E-state index >= 15 is 0 Å². The zero-order valence-electron chi connectivity index (χ0n) is 7.23. The van der Waals surface area contributed by atoms with Gasteiger partial charge < -0.3 is 23.3 Å². The Balaban J connectivity index is -0.0000000112. The Morgan fingerprint density at radius 1 is 1.60 bits per heavy atom. The zero-order chi connectivity index (χ0) is 7.15. The van der Waals surface area contributed by atoms with E-state index in [4.69, 9.17) is 25.2 Å². The second-order valence-corrected chi connectivity index (χ2v) is 0.743. The Bertz CT molecular complexity index is 85.4. The molecule has 10 heavy (non-hydrogen) atoms. The number of carboxylic acid groups (broad SMARTS) is 1. The fraction of sp³-hybridized carbons (Fsp3) is 0.500. The standard InChI is InChI=1S/C2H4O2.Ce.NO3.Sr.2H/c1-2(3)4;;2-1(3)4;;;/h1H3,(H,3,4);;;;;/q;;-1;+2;2*-1. The average Bonchev–Trinajstić information content (AvgIpc) is 1.25. The van der Waals surface area contributed by atoms with Gasteiger partial charge in [0.05, 0.1) is 5.09 Å². The number of nitrogens with zero attached hydrogens (tertiary/aromatic N) is 1. The fourth-order valence-electron chi connectivity index (χ4n) is 0. The van der Waals surface area contributed by atoms with Crippen LogP contribution in [-0.4, -0.2) is 61.6 Å². The molecule has 0 aliphatic heterocycles. The van der Waals surface area contributed by atoms with E-state index in [2.05, 4.69) is 0 Å². The summed E-state index contributed by atoms with van der Waals surface area (Å²) in [6.07, 6.45) is 0. The predicted molar refractivity (Wildman–Crippen MR) is 31.6 cm³/mol. The molecule has 0 saturated heterocycles. The summed E-state index contributed by atoms with van der Waals surface area (Å²) >= 11 is 0. The minimum atomic E-state index is -1.75. The summed E-state index contributed by atoms with van der Waals surface area (Å²) in [6.45, 7) is 1.08. The van der Waals surface area contributed by atoms with Gasteiger partial charge in [0.25, 0.3) is 5.97 Å². The molecule has 0 bridgehead atoms. The van der Waals surface area contributed by atoms with Gasteiger partial charge in [0.2, 0.25) is 0 Å². The Hall–Kier alpha value is 1.53. The SMILES string of the molecule is CC(=O)O.O=[N+]([O-])[O-].[Ce].[H-].[H-].[Sr+2]. The largest absolute Gasteiger partial charge is 2.00 e. The Kier molecular flexibility index (Phi) is 38.0. The van der Waals surface area contributed by atoms with E-state index in [9.17, 15) is 0 Å². The summed E-state index contributed by atoms with van der Waals surface area (Å²) in [4.78, 5) is 17.2. The maximum Gasteiger partial charge on any atom is 2.00 e. The third-order valence-electron chi connectivity index (χ3n) is 0. The van der Waals surface area contributed by atoms with Crippen molar-refractivity contribution in [3.8, 4) is 0 Å². The molecule has 0 saturated carbocycles. The van der Waals surface area contributed by atoms with Gasteiger partial charge in [0.15, 0.2) is 0 Å². The summed E-state index contributed by atoms with van der Waals surface area (Å²) in [5, 5.41) is 22.2. The van der Waals surface area contributed by atoms with Gasteiger partial charge in [-0.05, 0) is 0 Å². The normalized spacial score (nSPS) is 4.90. The monoisotopic (exact) mass is 352 g/mol. The topological polar surface area (TPSA) is 104 Å². The van der Waals surface area contributed by atoms with Crippen molar-refractivity contribution in [3.05, 3.63) is 15.3 Å². The number of hydrogen-bond acceptors (Lipinski definition) is 4. The summed E-state index contributed by atoms with van der Waals surface area (Å²) in [6, 6.07) is 0. The summed E-state index contributed by atoms with van der Waals surface area (Å²) in [7, 11) is 0. The third-order valence-corrected chi connectivity index (χ3v) is 0. The molecule has 0 atom stereocenters. The molecule has 0 spiro atoms. The van der Waals surface area contributed by atoms with E-state index in [1.807, 2.05) is 0 Å². The van der Waals surface area contributed by atoms with Gasteiger partial charge in [0.1, 0.15) is 0 Å². The molecule has 0 aliphatic rings. The van der Waals surface area contributed by atoms with Crippen LogP contribution in [0, 0.1) is 57.1 Å². The van der Waals surface area contributed by atoms with Gasteiger partial charge in [-0.2, -0.15) is 0 Å². The summed E-state index contributed by atoms with van der Waals surface area (Å²) in [5.41, 5.74) is 0. The fourth-order valence-corrected chi connectivity index (χ4v) is 0. The Labute approximate surface area is 131 Å². The number of hydrogen-bond donors (Lipinski definition) is 1. The molecule has 56 valence electrons. The minimum Gasteiger partial charge on any atom is -1.00 e. The molecular formula is C2H6CeNO5Sr-. The first-order chi connectivity index (χ1) is 3.46. The Morgan fingerprint density at radius 2 is 1.60 bits per heavy atom. The molecule has 1 N–H and O–H groups in total. The molecule has 0 aromatic rings. The van der Waals surface area contributed by atoms with E-state index in [1.54, 1.807) is 0 Å². The van der Waals surface area contributed by atoms with Crippen molar-refractivity contribution in [1.82, 2.24) is 0 Å². The minimum absolute atomic E-state index is 0. The first-order valence-corrected chi connectivity index (χ1v) is 1.48. The van der Waals surface area contributed by atoms with E-state index < -0.39 is 11.1 Å². The van der Waals surface area contributed by atoms with E-state index in [0.29, 0.717) is 0 Å². The van der Waals surface area contributed by atoms with Gasteiger partial charge in [-0.1, -0.05) is 0 Å². The van der Waals surface area contributed by atoms with Crippen molar-refractivity contribution < 1.29 is 59.6 Å². The van der Waals surface area contributed by atoms with Crippen LogP contribution in [0.3, 0.4) is 0 Å². The molecule has 0 heterocycles. The number of aliphatic carboxylic acids is 1. The van der Waals surface area contributed by atoms with Crippen LogP contribution in [-0.2, 0) is 4.79 Å². The van der Waals surface area contributed by atoms with Crippen molar-refractivity contribution in [3.63, 3.8) is 0 Å². The number of carboxylic acids is 1. The van der Waals surface area contributed by atoms with Gasteiger partial charge >= 0.3 is 45.5 Å². The van der Waals surface area contributed by atoms with Crippen LogP contribution in [0.25, 0.3) is 0 Å². The molecule has 0 aromatic heterocycles. The molecule has 0 unspecified atom stereocenters. The van der Waals surface area contributed by atoms with E-state index in [-0.39, 0.29) is 90.1 Å². The van der Waals surface area contributed by atoms with Crippen molar-refractivity contribution in [2.45, 2.75) is 6.92 Å². The molecule has 0 radical (unpaired) electrons. The first-order valence-electron chi connectivity index (χ1n) is 1.48. The average molecular weight is 352 g/mol. The first kappa shape index (κ1) is 22.5. The van der Waals surface area contributed by atoms with E-state index in [1.165, 1.54) is 0 Å². The Morgan fingerprint density at radius 3 is 1.60 bits per heavy atom. The van der Waals surface area contributed by atoms with Crippen LogP contribution >= 0.6 is 0 Å². The van der Waals surface area contributed by atoms with Crippen LogP contribution in [0.5, 0.6) is 0 Å². The molecule has 8 heteroatoms. The molecule has 0 aromatic carbocycles. The van der Waals surface area contributed by atoms with Crippen molar-refractivity contribution in [2.75, 3.05) is 0 Å². The van der Waals surface area contributed by atoms with Crippen molar-refractivity contribution in [1.29, 1.82) is 0 Å². The molecule has 0 amide bonds. The number of carbonyl (C=O) groups is 1. The molecule has 0 aliphatic carbocycles. The van der Waals surface area contributed by atoms with Gasteiger partial charge in [0, 0.05) is 48.7 Å².